The molecule has 2 nitrogen and oxygen atoms in total. The second-order valence-corrected chi connectivity index (χ2v) is 7.15. The van der Waals surface area contributed by atoms with Crippen molar-refractivity contribution in [3.63, 3.8) is 0 Å². The molecule has 0 aliphatic rings. The Balaban J connectivity index is 2.71. The number of rotatable bonds is 1. The van der Waals surface area contributed by atoms with Gasteiger partial charge >= 0.3 is 0 Å². The first-order chi connectivity index (χ1) is 8.30. The number of hydrogen-bond acceptors (Lipinski definition) is 1. The fourth-order valence-electron chi connectivity index (χ4n) is 1.82. The number of benzene rings is 1. The molecule has 0 saturated carbocycles. The summed E-state index contributed by atoms with van der Waals surface area (Å²) in [4.78, 5) is 3.13. The molecule has 96 valence electrons. The summed E-state index contributed by atoms with van der Waals surface area (Å²) in [5.41, 5.74) is 2.25. The van der Waals surface area contributed by atoms with Crippen molar-refractivity contribution in [3.05, 3.63) is 43.5 Å². The van der Waals surface area contributed by atoms with E-state index in [9.17, 15) is 0 Å². The molecule has 2 aromatic rings. The maximum Gasteiger partial charge on any atom is 0.182 e. The van der Waals surface area contributed by atoms with Gasteiger partial charge in [-0.05, 0) is 53.0 Å². The third kappa shape index (κ3) is 2.65. The zero-order chi connectivity index (χ0) is 13.5. The summed E-state index contributed by atoms with van der Waals surface area (Å²) in [6, 6.07) is 5.84. The standard InChI is InChI=1S/C13H14ClIN2S/c1-13(2,3)11-7-16-12(18)17(11)10-5-4-8(14)6-9(10)15/h4-7H,1-3H3,(H,16,18). The van der Waals surface area contributed by atoms with E-state index >= 15 is 0 Å². The highest BCUT2D eigenvalue weighted by Crippen LogP contribution is 2.28. The van der Waals surface area contributed by atoms with E-state index in [-0.39, 0.29) is 5.41 Å². The summed E-state index contributed by atoms with van der Waals surface area (Å²) in [6.45, 7) is 6.51. The van der Waals surface area contributed by atoms with Crippen molar-refractivity contribution in [2.75, 3.05) is 0 Å². The van der Waals surface area contributed by atoms with Crippen LogP contribution in [-0.4, -0.2) is 9.55 Å². The second kappa shape index (κ2) is 4.98. The molecule has 18 heavy (non-hydrogen) atoms. The van der Waals surface area contributed by atoms with Gasteiger partial charge in [0.2, 0.25) is 0 Å². The van der Waals surface area contributed by atoms with Crippen LogP contribution in [0.15, 0.2) is 24.4 Å². The smallest absolute Gasteiger partial charge is 0.182 e. The molecule has 1 aromatic carbocycles. The molecule has 0 unspecified atom stereocenters. The second-order valence-electron chi connectivity index (χ2n) is 5.16. The van der Waals surface area contributed by atoms with Gasteiger partial charge in [-0.25, -0.2) is 0 Å². The summed E-state index contributed by atoms with van der Waals surface area (Å²) in [5, 5.41) is 0.738. The number of hydrogen-bond donors (Lipinski definition) is 1. The average molecular weight is 393 g/mol. The third-order valence-corrected chi connectivity index (χ3v) is 4.09. The topological polar surface area (TPSA) is 20.7 Å². The van der Waals surface area contributed by atoms with E-state index in [1.807, 2.05) is 24.4 Å². The Morgan fingerprint density at radius 2 is 2.00 bits per heavy atom. The molecule has 0 aliphatic carbocycles. The maximum absolute atomic E-state index is 6.00. The Hall–Kier alpha value is -0.330. The third-order valence-electron chi connectivity index (χ3n) is 2.70. The van der Waals surface area contributed by atoms with Gasteiger partial charge in [-0.15, -0.1) is 0 Å². The lowest BCUT2D eigenvalue weighted by molar-refractivity contribution is 0.555. The Morgan fingerprint density at radius 1 is 1.33 bits per heavy atom. The van der Waals surface area contributed by atoms with Gasteiger partial charge in [-0.3, -0.25) is 4.57 Å². The molecule has 0 bridgehead atoms. The summed E-state index contributed by atoms with van der Waals surface area (Å²) in [6.07, 6.45) is 1.98. The van der Waals surface area contributed by atoms with Crippen LogP contribution in [0.4, 0.5) is 0 Å². The van der Waals surface area contributed by atoms with E-state index < -0.39 is 0 Å². The molecule has 0 spiro atoms. The lowest BCUT2D eigenvalue weighted by atomic mass is 9.92. The van der Waals surface area contributed by atoms with Crippen molar-refractivity contribution in [1.82, 2.24) is 9.55 Å². The van der Waals surface area contributed by atoms with E-state index in [1.54, 1.807) is 0 Å². The van der Waals surface area contributed by atoms with Crippen LogP contribution in [0, 0.1) is 8.34 Å². The van der Waals surface area contributed by atoms with E-state index in [2.05, 4.69) is 52.9 Å². The van der Waals surface area contributed by atoms with Crippen LogP contribution in [0.3, 0.4) is 0 Å². The number of nitrogens with zero attached hydrogens (tertiary/aromatic N) is 1. The maximum atomic E-state index is 6.00. The fraction of sp³-hybridized carbons (Fsp3) is 0.308. The van der Waals surface area contributed by atoms with Crippen molar-refractivity contribution in [2.45, 2.75) is 26.2 Å². The summed E-state index contributed by atoms with van der Waals surface area (Å²) >= 11 is 13.7. The Morgan fingerprint density at radius 3 is 2.56 bits per heavy atom. The molecule has 0 fully saturated rings. The number of halogens is 2. The Labute approximate surface area is 131 Å². The van der Waals surface area contributed by atoms with Crippen LogP contribution in [0.1, 0.15) is 26.5 Å². The molecule has 0 atom stereocenters. The van der Waals surface area contributed by atoms with Gasteiger partial charge in [0.1, 0.15) is 0 Å². The highest BCUT2D eigenvalue weighted by molar-refractivity contribution is 14.1. The molecule has 0 amide bonds. The largest absolute Gasteiger partial charge is 0.337 e. The van der Waals surface area contributed by atoms with Crippen LogP contribution >= 0.6 is 46.4 Å². The van der Waals surface area contributed by atoms with Crippen molar-refractivity contribution in [2.24, 2.45) is 0 Å². The fourth-order valence-corrected chi connectivity index (χ4v) is 3.19. The molecule has 2 rings (SSSR count). The molecular formula is C13H14ClIN2S. The monoisotopic (exact) mass is 392 g/mol. The minimum absolute atomic E-state index is 0.0241. The number of nitrogens with one attached hydrogen (secondary N) is 1. The first kappa shape index (κ1) is 14.1. The summed E-state index contributed by atoms with van der Waals surface area (Å²) in [7, 11) is 0. The highest BCUT2D eigenvalue weighted by Gasteiger charge is 2.21. The van der Waals surface area contributed by atoms with Crippen LogP contribution in [0.25, 0.3) is 5.69 Å². The quantitative estimate of drug-likeness (QED) is 0.529. The molecule has 0 aliphatic heterocycles. The first-order valence-corrected chi connectivity index (χ1v) is 7.43. The molecule has 0 saturated heterocycles. The minimum atomic E-state index is 0.0241. The molecule has 1 aromatic heterocycles. The zero-order valence-electron chi connectivity index (χ0n) is 10.4. The Kier molecular flexibility index (Phi) is 3.90. The van der Waals surface area contributed by atoms with Crippen LogP contribution in [0.5, 0.6) is 0 Å². The van der Waals surface area contributed by atoms with Crippen molar-refractivity contribution < 1.29 is 0 Å². The molecule has 5 heteroatoms. The number of H-pyrrole nitrogens is 1. The number of aromatic amines is 1. The van der Waals surface area contributed by atoms with Gasteiger partial charge in [-0.1, -0.05) is 32.4 Å². The average Bonchev–Trinajstić information content (AvgIpc) is 2.60. The van der Waals surface area contributed by atoms with E-state index in [0.717, 1.165) is 20.0 Å². The van der Waals surface area contributed by atoms with E-state index in [1.165, 1.54) is 0 Å². The molecule has 1 N–H and O–H groups in total. The SMILES string of the molecule is CC(C)(C)c1c[nH]c(=S)n1-c1ccc(Cl)cc1I. The highest BCUT2D eigenvalue weighted by atomic mass is 127. The van der Waals surface area contributed by atoms with Gasteiger partial charge in [0.25, 0.3) is 0 Å². The normalized spacial score (nSPS) is 11.8. The van der Waals surface area contributed by atoms with Crippen molar-refractivity contribution >= 4 is 46.4 Å². The predicted molar refractivity (Wildman–Crippen MR) is 87.4 cm³/mol. The minimum Gasteiger partial charge on any atom is -0.337 e. The van der Waals surface area contributed by atoms with E-state index in [0.29, 0.717) is 4.77 Å². The summed E-state index contributed by atoms with van der Waals surface area (Å²) < 4.78 is 3.87. The van der Waals surface area contributed by atoms with Crippen molar-refractivity contribution in [1.29, 1.82) is 0 Å². The van der Waals surface area contributed by atoms with Gasteiger partial charge in [-0.2, -0.15) is 0 Å². The Bertz CT molecular complexity index is 637. The number of aromatic nitrogens is 2. The molecule has 1 heterocycles. The number of imidazole rings is 1. The van der Waals surface area contributed by atoms with Gasteiger partial charge in [0.15, 0.2) is 4.77 Å². The first-order valence-electron chi connectivity index (χ1n) is 5.57. The van der Waals surface area contributed by atoms with Gasteiger partial charge in [0.05, 0.1) is 5.69 Å². The zero-order valence-corrected chi connectivity index (χ0v) is 14.2. The van der Waals surface area contributed by atoms with Crippen LogP contribution in [0.2, 0.25) is 5.02 Å². The van der Waals surface area contributed by atoms with Gasteiger partial charge in [0, 0.05) is 25.9 Å². The predicted octanol–water partition coefficient (Wildman–Crippen LogP) is 5.09. The molecular weight excluding hydrogens is 379 g/mol. The van der Waals surface area contributed by atoms with Gasteiger partial charge < -0.3 is 4.98 Å². The van der Waals surface area contributed by atoms with E-state index in [4.69, 9.17) is 23.8 Å². The van der Waals surface area contributed by atoms with Crippen LogP contribution in [-0.2, 0) is 5.41 Å². The lowest BCUT2D eigenvalue weighted by Crippen LogP contribution is -2.17. The van der Waals surface area contributed by atoms with Crippen LogP contribution < -0.4 is 0 Å². The summed E-state index contributed by atoms with van der Waals surface area (Å²) in [5.74, 6) is 0. The molecule has 0 radical (unpaired) electrons. The van der Waals surface area contributed by atoms with Crippen molar-refractivity contribution in [3.8, 4) is 5.69 Å². The lowest BCUT2D eigenvalue weighted by Gasteiger charge is -2.21.